The average molecular weight is 342 g/mol. The van der Waals surface area contributed by atoms with Gasteiger partial charge >= 0.3 is 0 Å². The van der Waals surface area contributed by atoms with Gasteiger partial charge in [0.25, 0.3) is 5.91 Å². The van der Waals surface area contributed by atoms with E-state index in [-0.39, 0.29) is 29.3 Å². The van der Waals surface area contributed by atoms with Gasteiger partial charge in [-0.15, -0.1) is 0 Å². The van der Waals surface area contributed by atoms with Gasteiger partial charge in [0.1, 0.15) is 11.5 Å². The molecule has 2 aromatic heterocycles. The molecule has 2 heterocycles. The summed E-state index contributed by atoms with van der Waals surface area (Å²) in [5.41, 5.74) is 0.582. The molecule has 130 valence electrons. The molecule has 1 aromatic carbocycles. The minimum absolute atomic E-state index is 0.0579. The zero-order valence-corrected chi connectivity index (χ0v) is 14.1. The van der Waals surface area contributed by atoms with Crippen LogP contribution in [0, 0.1) is 0 Å². The lowest BCUT2D eigenvalue weighted by molar-refractivity contribution is 0.0937. The first-order valence-electron chi connectivity index (χ1n) is 7.70. The minimum Gasteiger partial charge on any atom is -0.508 e. The molecule has 25 heavy (non-hydrogen) atoms. The second-order valence-corrected chi connectivity index (χ2v) is 6.57. The number of rotatable bonds is 4. The lowest BCUT2D eigenvalue weighted by Crippen LogP contribution is -2.23. The third-order valence-electron chi connectivity index (χ3n) is 3.45. The van der Waals surface area contributed by atoms with E-state index in [1.165, 1.54) is 6.07 Å². The number of hydrogen-bond donors (Lipinski definition) is 2. The van der Waals surface area contributed by atoms with E-state index in [1.54, 1.807) is 24.3 Å². The molecule has 0 saturated heterocycles. The molecule has 8 heteroatoms. The zero-order chi connectivity index (χ0) is 18.0. The highest BCUT2D eigenvalue weighted by Gasteiger charge is 2.22. The molecule has 2 N–H and O–H groups in total. The molecule has 0 spiro atoms. The maximum absolute atomic E-state index is 12.1. The second-order valence-electron chi connectivity index (χ2n) is 6.57. The van der Waals surface area contributed by atoms with Gasteiger partial charge in [-0.05, 0) is 12.1 Å². The van der Waals surface area contributed by atoms with E-state index in [0.29, 0.717) is 17.1 Å². The fourth-order valence-corrected chi connectivity index (χ4v) is 2.07. The maximum atomic E-state index is 12.1. The number of aromatic nitrogens is 3. The van der Waals surface area contributed by atoms with Crippen LogP contribution in [0.5, 0.6) is 5.75 Å². The van der Waals surface area contributed by atoms with Crippen molar-refractivity contribution >= 4 is 5.91 Å². The van der Waals surface area contributed by atoms with Crippen LogP contribution in [0.1, 0.15) is 42.9 Å². The number of amides is 1. The topological polar surface area (TPSA) is 114 Å². The number of carbonyl (C=O) groups excluding carboxylic acids is 1. The first-order chi connectivity index (χ1) is 11.8. The van der Waals surface area contributed by atoms with Crippen molar-refractivity contribution in [2.24, 2.45) is 0 Å². The summed E-state index contributed by atoms with van der Waals surface area (Å²) in [6, 6.07) is 8.11. The molecule has 0 bridgehead atoms. The number of nitrogens with zero attached hydrogens (tertiary/aromatic N) is 3. The van der Waals surface area contributed by atoms with Crippen molar-refractivity contribution < 1.29 is 18.9 Å². The van der Waals surface area contributed by atoms with Gasteiger partial charge in [-0.3, -0.25) is 4.79 Å². The summed E-state index contributed by atoms with van der Waals surface area (Å²) in [5.74, 6) is 0.915. The standard InChI is InChI=1S/C17H18N4O4/c1-17(2,3)13-8-12(20-24-13)16(23)18-9-14-19-15(21-25-14)10-5-4-6-11(22)7-10/h4-8,22H,9H2,1-3H3,(H,18,23). The van der Waals surface area contributed by atoms with Crippen LogP contribution in [0.4, 0.5) is 0 Å². The van der Waals surface area contributed by atoms with Crippen molar-refractivity contribution in [3.05, 3.63) is 47.7 Å². The molecular formula is C17H18N4O4. The van der Waals surface area contributed by atoms with Crippen LogP contribution in [0.2, 0.25) is 0 Å². The largest absolute Gasteiger partial charge is 0.508 e. The Balaban J connectivity index is 1.64. The summed E-state index contributed by atoms with van der Waals surface area (Å²) >= 11 is 0. The molecule has 1 amide bonds. The summed E-state index contributed by atoms with van der Waals surface area (Å²) in [7, 11) is 0. The molecule has 0 fully saturated rings. The Morgan fingerprint density at radius 2 is 2.00 bits per heavy atom. The highest BCUT2D eigenvalue weighted by atomic mass is 16.5. The second kappa shape index (κ2) is 6.39. The zero-order valence-electron chi connectivity index (χ0n) is 14.1. The number of phenolic OH excluding ortho intramolecular Hbond substituents is 1. The average Bonchev–Trinajstić information content (AvgIpc) is 3.22. The molecule has 3 rings (SSSR count). The van der Waals surface area contributed by atoms with Crippen molar-refractivity contribution in [3.63, 3.8) is 0 Å². The lowest BCUT2D eigenvalue weighted by Gasteiger charge is -2.12. The van der Waals surface area contributed by atoms with E-state index in [1.807, 2.05) is 20.8 Å². The first kappa shape index (κ1) is 16.7. The van der Waals surface area contributed by atoms with Gasteiger partial charge in [0.05, 0.1) is 6.54 Å². The predicted molar refractivity (Wildman–Crippen MR) is 87.8 cm³/mol. The molecule has 0 aliphatic carbocycles. The Hall–Kier alpha value is -3.16. The minimum atomic E-state index is -0.392. The summed E-state index contributed by atoms with van der Waals surface area (Å²) in [5, 5.41) is 19.7. The van der Waals surface area contributed by atoms with Crippen LogP contribution in [0.25, 0.3) is 11.4 Å². The number of benzene rings is 1. The van der Waals surface area contributed by atoms with Crippen LogP contribution >= 0.6 is 0 Å². The SMILES string of the molecule is CC(C)(C)c1cc(C(=O)NCc2nc(-c3cccc(O)c3)no2)no1. The Morgan fingerprint density at radius 3 is 2.68 bits per heavy atom. The molecular weight excluding hydrogens is 324 g/mol. The monoisotopic (exact) mass is 342 g/mol. The van der Waals surface area contributed by atoms with Crippen LogP contribution in [-0.4, -0.2) is 26.3 Å². The Labute approximate surface area is 143 Å². The molecule has 0 radical (unpaired) electrons. The summed E-state index contributed by atoms with van der Waals surface area (Å²) in [6.45, 7) is 5.96. The van der Waals surface area contributed by atoms with Gasteiger partial charge in [-0.25, -0.2) is 0 Å². The number of phenols is 1. The van der Waals surface area contributed by atoms with Crippen molar-refractivity contribution in [1.29, 1.82) is 0 Å². The van der Waals surface area contributed by atoms with E-state index in [9.17, 15) is 9.90 Å². The number of hydrogen-bond acceptors (Lipinski definition) is 7. The van der Waals surface area contributed by atoms with Gasteiger partial charge in [0.15, 0.2) is 5.69 Å². The quantitative estimate of drug-likeness (QED) is 0.749. The van der Waals surface area contributed by atoms with Crippen molar-refractivity contribution in [2.45, 2.75) is 32.7 Å². The molecule has 3 aromatic rings. The van der Waals surface area contributed by atoms with Gasteiger partial charge in [0, 0.05) is 17.0 Å². The third kappa shape index (κ3) is 3.85. The van der Waals surface area contributed by atoms with E-state index in [2.05, 4.69) is 20.6 Å². The molecule has 8 nitrogen and oxygen atoms in total. The molecule has 0 unspecified atom stereocenters. The van der Waals surface area contributed by atoms with E-state index in [0.717, 1.165) is 0 Å². The smallest absolute Gasteiger partial charge is 0.273 e. The van der Waals surface area contributed by atoms with Crippen molar-refractivity contribution in [2.75, 3.05) is 0 Å². The number of nitrogens with one attached hydrogen (secondary N) is 1. The van der Waals surface area contributed by atoms with E-state index < -0.39 is 5.91 Å². The normalized spacial score (nSPS) is 11.5. The first-order valence-corrected chi connectivity index (χ1v) is 7.70. The van der Waals surface area contributed by atoms with Gasteiger partial charge in [0.2, 0.25) is 11.7 Å². The molecule has 0 saturated carbocycles. The molecule has 0 aliphatic heterocycles. The predicted octanol–water partition coefficient (Wildman–Crippen LogP) is 2.66. The third-order valence-corrected chi connectivity index (χ3v) is 3.45. The van der Waals surface area contributed by atoms with Gasteiger partial charge in [-0.1, -0.05) is 43.2 Å². The van der Waals surface area contributed by atoms with Crippen LogP contribution in [0.15, 0.2) is 39.4 Å². The van der Waals surface area contributed by atoms with Gasteiger partial charge in [-0.2, -0.15) is 4.98 Å². The summed E-state index contributed by atoms with van der Waals surface area (Å²) in [4.78, 5) is 16.3. The van der Waals surface area contributed by atoms with Crippen molar-refractivity contribution in [1.82, 2.24) is 20.6 Å². The Bertz CT molecular complexity index is 892. The van der Waals surface area contributed by atoms with Crippen LogP contribution in [0.3, 0.4) is 0 Å². The van der Waals surface area contributed by atoms with Crippen molar-refractivity contribution in [3.8, 4) is 17.1 Å². The fourth-order valence-electron chi connectivity index (χ4n) is 2.07. The molecule has 0 aliphatic rings. The molecule has 0 atom stereocenters. The van der Waals surface area contributed by atoms with E-state index in [4.69, 9.17) is 9.05 Å². The highest BCUT2D eigenvalue weighted by molar-refractivity contribution is 5.92. The summed E-state index contributed by atoms with van der Waals surface area (Å²) in [6.07, 6.45) is 0. The van der Waals surface area contributed by atoms with Gasteiger partial charge < -0.3 is 19.5 Å². The van der Waals surface area contributed by atoms with Crippen LogP contribution < -0.4 is 5.32 Å². The highest BCUT2D eigenvalue weighted by Crippen LogP contribution is 2.23. The Kier molecular flexibility index (Phi) is 4.26. The summed E-state index contributed by atoms with van der Waals surface area (Å²) < 4.78 is 10.3. The fraction of sp³-hybridized carbons (Fsp3) is 0.294. The number of carbonyl (C=O) groups is 1. The Morgan fingerprint density at radius 1 is 1.20 bits per heavy atom. The lowest BCUT2D eigenvalue weighted by atomic mass is 9.93. The van der Waals surface area contributed by atoms with Crippen LogP contribution in [-0.2, 0) is 12.0 Å². The van der Waals surface area contributed by atoms with E-state index >= 15 is 0 Å². The maximum Gasteiger partial charge on any atom is 0.273 e. The number of aromatic hydroxyl groups is 1.